The highest BCUT2D eigenvalue weighted by Gasteiger charge is 2.32. The molecule has 0 aromatic heterocycles. The van der Waals surface area contributed by atoms with E-state index in [-0.39, 0.29) is 18.2 Å². The van der Waals surface area contributed by atoms with E-state index in [0.717, 1.165) is 12.6 Å². The SMILES string of the molecule is CN(C(=O)C(=O)Cc1cccc2c1CC(=O)c1ccc(N=C(N)N)cc1CCCO2)[C@@H](CC(=O)O)C(=O)O. The van der Waals surface area contributed by atoms with Crippen LogP contribution in [-0.4, -0.2) is 70.2 Å². The van der Waals surface area contributed by atoms with Gasteiger partial charge in [-0.15, -0.1) is 0 Å². The zero-order valence-electron chi connectivity index (χ0n) is 20.7. The number of ether oxygens (including phenoxy) is 1. The summed E-state index contributed by atoms with van der Waals surface area (Å²) in [7, 11) is 1.06. The number of aliphatic imine (C=N–C) groups is 1. The number of aliphatic carboxylic acids is 2. The summed E-state index contributed by atoms with van der Waals surface area (Å²) < 4.78 is 5.90. The molecule has 1 amide bonds. The van der Waals surface area contributed by atoms with Crippen LogP contribution in [0, 0.1) is 0 Å². The number of carbonyl (C=O) groups is 5. The summed E-state index contributed by atoms with van der Waals surface area (Å²) in [6, 6.07) is 8.17. The number of nitrogens with two attached hydrogens (primary N) is 2. The van der Waals surface area contributed by atoms with Crippen LogP contribution in [-0.2, 0) is 38.4 Å². The summed E-state index contributed by atoms with van der Waals surface area (Å²) >= 11 is 0. The van der Waals surface area contributed by atoms with Gasteiger partial charge < -0.3 is 31.3 Å². The van der Waals surface area contributed by atoms with Gasteiger partial charge in [0.15, 0.2) is 11.7 Å². The zero-order valence-corrected chi connectivity index (χ0v) is 20.7. The normalized spacial score (nSPS) is 13.7. The lowest BCUT2D eigenvalue weighted by molar-refractivity contribution is -0.155. The highest BCUT2D eigenvalue weighted by atomic mass is 16.5. The Labute approximate surface area is 217 Å². The monoisotopic (exact) mass is 524 g/mol. The molecule has 0 saturated carbocycles. The van der Waals surface area contributed by atoms with Crippen LogP contribution in [0.2, 0.25) is 0 Å². The summed E-state index contributed by atoms with van der Waals surface area (Å²) in [6.07, 6.45) is -0.285. The average Bonchev–Trinajstić information content (AvgIpc) is 2.85. The molecule has 12 heteroatoms. The molecule has 0 spiro atoms. The van der Waals surface area contributed by atoms with Gasteiger partial charge in [-0.3, -0.25) is 19.2 Å². The lowest BCUT2D eigenvalue weighted by atomic mass is 9.91. The Hall–Kier alpha value is -4.74. The quantitative estimate of drug-likeness (QED) is 0.218. The molecule has 0 radical (unpaired) electrons. The number of nitrogens with zero attached hydrogens (tertiary/aromatic N) is 2. The van der Waals surface area contributed by atoms with Gasteiger partial charge in [-0.1, -0.05) is 12.1 Å². The third kappa shape index (κ3) is 6.72. The summed E-state index contributed by atoms with van der Waals surface area (Å²) in [6.45, 7) is 0.321. The van der Waals surface area contributed by atoms with E-state index >= 15 is 0 Å². The van der Waals surface area contributed by atoms with Crippen molar-refractivity contribution in [2.24, 2.45) is 16.5 Å². The molecular formula is C26H28N4O8. The fraction of sp³-hybridized carbons (Fsp3) is 0.308. The number of rotatable bonds is 8. The Morgan fingerprint density at radius 2 is 1.87 bits per heavy atom. The Bertz CT molecular complexity index is 1320. The molecule has 12 nitrogen and oxygen atoms in total. The molecule has 3 rings (SSSR count). The number of hydrogen-bond donors (Lipinski definition) is 4. The lowest BCUT2D eigenvalue weighted by Crippen LogP contribution is -2.46. The van der Waals surface area contributed by atoms with Crippen LogP contribution in [0.4, 0.5) is 5.69 Å². The number of carbonyl (C=O) groups excluding carboxylic acids is 3. The molecule has 1 aliphatic heterocycles. The topological polar surface area (TPSA) is 203 Å². The molecule has 0 fully saturated rings. The number of ketones is 2. The Kier molecular flexibility index (Phi) is 8.79. The summed E-state index contributed by atoms with van der Waals surface area (Å²) in [5.41, 5.74) is 13.4. The summed E-state index contributed by atoms with van der Waals surface area (Å²) in [5.74, 6) is -5.03. The number of Topliss-reactive ketones (excluding diaryl/α,β-unsaturated/α-hetero) is 2. The second-order valence-electron chi connectivity index (χ2n) is 8.79. The van der Waals surface area contributed by atoms with Crippen LogP contribution in [0.15, 0.2) is 41.4 Å². The van der Waals surface area contributed by atoms with Crippen molar-refractivity contribution in [3.8, 4) is 5.75 Å². The van der Waals surface area contributed by atoms with Crippen LogP contribution >= 0.6 is 0 Å². The third-order valence-corrected chi connectivity index (χ3v) is 6.09. The number of hydrogen-bond acceptors (Lipinski definition) is 7. The standard InChI is InChI=1S/C26H28N4O8/c1-30(19(25(36)37)13-23(33)34)24(35)21(32)11-15-4-2-6-22-18(15)12-20(31)17-8-7-16(29-26(27)28)10-14(17)5-3-9-38-22/h2,4,6-8,10,19H,3,5,9,11-13H2,1H3,(H,33,34)(H,36,37)(H4,27,28,29)/t19-/m0/s1. The highest BCUT2D eigenvalue weighted by Crippen LogP contribution is 2.29. The first kappa shape index (κ1) is 27.8. The minimum atomic E-state index is -1.71. The van der Waals surface area contributed by atoms with Crippen LogP contribution in [0.3, 0.4) is 0 Å². The van der Waals surface area contributed by atoms with Gasteiger partial charge in [0.1, 0.15) is 11.8 Å². The number of aryl methyl sites for hydroxylation is 1. The fourth-order valence-electron chi connectivity index (χ4n) is 4.23. The second-order valence-corrected chi connectivity index (χ2v) is 8.79. The molecule has 0 unspecified atom stereocenters. The number of fused-ring (bicyclic) bond motifs is 2. The Morgan fingerprint density at radius 3 is 2.53 bits per heavy atom. The van der Waals surface area contributed by atoms with Gasteiger partial charge in [-0.25, -0.2) is 9.79 Å². The third-order valence-electron chi connectivity index (χ3n) is 6.09. The van der Waals surface area contributed by atoms with Gasteiger partial charge in [0.25, 0.3) is 5.91 Å². The first-order valence-corrected chi connectivity index (χ1v) is 11.7. The number of benzene rings is 2. The van der Waals surface area contributed by atoms with Crippen LogP contribution in [0.5, 0.6) is 5.75 Å². The zero-order chi connectivity index (χ0) is 28.0. The maximum Gasteiger partial charge on any atom is 0.327 e. The molecule has 38 heavy (non-hydrogen) atoms. The minimum Gasteiger partial charge on any atom is -0.493 e. The molecule has 1 atom stereocenters. The largest absolute Gasteiger partial charge is 0.493 e. The maximum absolute atomic E-state index is 13.3. The van der Waals surface area contributed by atoms with E-state index in [9.17, 15) is 29.1 Å². The van der Waals surface area contributed by atoms with Gasteiger partial charge in [0.2, 0.25) is 5.78 Å². The van der Waals surface area contributed by atoms with Crippen molar-refractivity contribution >= 4 is 41.1 Å². The van der Waals surface area contributed by atoms with Crippen molar-refractivity contribution in [2.75, 3.05) is 13.7 Å². The van der Waals surface area contributed by atoms with E-state index in [1.807, 2.05) is 0 Å². The number of carboxylic acids is 2. The molecule has 1 aliphatic rings. The Balaban J connectivity index is 1.90. The number of amides is 1. The van der Waals surface area contributed by atoms with E-state index in [1.165, 1.54) is 0 Å². The predicted octanol–water partition coefficient (Wildman–Crippen LogP) is 0.840. The van der Waals surface area contributed by atoms with Gasteiger partial charge in [-0.05, 0) is 48.2 Å². The molecular weight excluding hydrogens is 496 g/mol. The fourth-order valence-corrected chi connectivity index (χ4v) is 4.23. The van der Waals surface area contributed by atoms with E-state index in [0.29, 0.717) is 52.5 Å². The van der Waals surface area contributed by atoms with Crippen LogP contribution in [0.1, 0.15) is 39.9 Å². The van der Waals surface area contributed by atoms with E-state index in [1.54, 1.807) is 36.4 Å². The summed E-state index contributed by atoms with van der Waals surface area (Å²) in [5, 5.41) is 18.3. The first-order valence-electron chi connectivity index (χ1n) is 11.7. The van der Waals surface area contributed by atoms with Crippen LogP contribution < -0.4 is 16.2 Å². The first-order chi connectivity index (χ1) is 18.0. The maximum atomic E-state index is 13.3. The molecule has 6 N–H and O–H groups in total. The predicted molar refractivity (Wildman–Crippen MR) is 135 cm³/mol. The molecule has 2 aromatic carbocycles. The van der Waals surface area contributed by atoms with Crippen molar-refractivity contribution < 1.29 is 38.9 Å². The summed E-state index contributed by atoms with van der Waals surface area (Å²) in [4.78, 5) is 66.0. The highest BCUT2D eigenvalue weighted by molar-refractivity contribution is 6.36. The molecule has 0 saturated heterocycles. The Morgan fingerprint density at radius 1 is 1.13 bits per heavy atom. The molecule has 1 heterocycles. The molecule has 0 bridgehead atoms. The lowest BCUT2D eigenvalue weighted by Gasteiger charge is -2.23. The average molecular weight is 525 g/mol. The minimum absolute atomic E-state index is 0.111. The van der Waals surface area contributed by atoms with Crippen molar-refractivity contribution in [1.29, 1.82) is 0 Å². The van der Waals surface area contributed by atoms with Gasteiger partial charge in [-0.2, -0.15) is 0 Å². The van der Waals surface area contributed by atoms with Crippen LogP contribution in [0.25, 0.3) is 0 Å². The number of guanidine groups is 1. The van der Waals surface area contributed by atoms with Crippen molar-refractivity contribution in [1.82, 2.24) is 4.90 Å². The van der Waals surface area contributed by atoms with E-state index < -0.39 is 42.5 Å². The molecule has 2 aromatic rings. The van der Waals surface area contributed by atoms with E-state index in [4.69, 9.17) is 21.3 Å². The van der Waals surface area contributed by atoms with E-state index in [2.05, 4.69) is 4.99 Å². The van der Waals surface area contributed by atoms with Crippen molar-refractivity contribution in [2.45, 2.75) is 38.1 Å². The number of carboxylic acid groups (broad SMARTS) is 2. The van der Waals surface area contributed by atoms with Crippen molar-refractivity contribution in [3.05, 3.63) is 58.7 Å². The van der Waals surface area contributed by atoms with Gasteiger partial charge in [0, 0.05) is 31.0 Å². The second kappa shape index (κ2) is 12.0. The molecule has 0 aliphatic carbocycles. The van der Waals surface area contributed by atoms with Gasteiger partial charge >= 0.3 is 11.9 Å². The smallest absolute Gasteiger partial charge is 0.327 e. The number of likely N-dealkylation sites (N-methyl/N-ethyl adjacent to an activating group) is 1. The van der Waals surface area contributed by atoms with Crippen molar-refractivity contribution in [3.63, 3.8) is 0 Å². The molecule has 200 valence electrons. The van der Waals surface area contributed by atoms with Gasteiger partial charge in [0.05, 0.1) is 18.7 Å².